The lowest BCUT2D eigenvalue weighted by Crippen LogP contribution is -2.43. The van der Waals surface area contributed by atoms with E-state index >= 15 is 0 Å². The Balaban J connectivity index is 1.28. The maximum Gasteiger partial charge on any atom is 0.223 e. The van der Waals surface area contributed by atoms with E-state index < -0.39 is 10.0 Å². The summed E-state index contributed by atoms with van der Waals surface area (Å²) in [5.41, 5.74) is 4.26. The molecule has 0 spiro atoms. The predicted octanol–water partition coefficient (Wildman–Crippen LogP) is 3.45. The van der Waals surface area contributed by atoms with Crippen molar-refractivity contribution < 1.29 is 13.2 Å². The fraction of sp³-hybridized carbons (Fsp3) is 0.500. The number of amides is 1. The number of nitrogens with zero attached hydrogens (tertiary/aromatic N) is 2. The summed E-state index contributed by atoms with van der Waals surface area (Å²) in [6.07, 6.45) is 3.65. The van der Waals surface area contributed by atoms with Crippen molar-refractivity contribution in [2.24, 2.45) is 5.92 Å². The Hall–Kier alpha value is -2.22. The number of piperidine rings is 1. The van der Waals surface area contributed by atoms with Crippen LogP contribution in [0, 0.1) is 12.8 Å². The normalized spacial score (nSPS) is 18.5. The summed E-state index contributed by atoms with van der Waals surface area (Å²) in [4.78, 5) is 15.3. The van der Waals surface area contributed by atoms with Gasteiger partial charge >= 0.3 is 0 Å². The van der Waals surface area contributed by atoms with Crippen LogP contribution in [0.5, 0.6) is 0 Å². The van der Waals surface area contributed by atoms with Gasteiger partial charge in [-0.15, -0.1) is 0 Å². The summed E-state index contributed by atoms with van der Waals surface area (Å²) in [6.45, 7) is 6.48. The van der Waals surface area contributed by atoms with E-state index in [1.165, 1.54) is 18.4 Å². The van der Waals surface area contributed by atoms with Gasteiger partial charge in [0.05, 0.1) is 5.75 Å². The van der Waals surface area contributed by atoms with Crippen molar-refractivity contribution >= 4 is 15.9 Å². The Morgan fingerprint density at radius 2 is 1.52 bits per heavy atom. The van der Waals surface area contributed by atoms with E-state index in [-0.39, 0.29) is 17.6 Å². The zero-order valence-corrected chi connectivity index (χ0v) is 20.3. The molecule has 33 heavy (non-hydrogen) atoms. The first kappa shape index (κ1) is 23.9. The molecule has 0 bridgehead atoms. The summed E-state index contributed by atoms with van der Waals surface area (Å²) in [5, 5.41) is 3.11. The molecule has 2 saturated heterocycles. The average molecular weight is 470 g/mol. The van der Waals surface area contributed by atoms with Gasteiger partial charge in [-0.25, -0.2) is 12.7 Å². The van der Waals surface area contributed by atoms with Crippen molar-refractivity contribution in [3.8, 4) is 0 Å². The number of rotatable bonds is 8. The SMILES string of the molecule is Cc1ccccc1CS(=O)(=O)N1CCC(C(=O)NCc2ccccc2CN2CCCC2)CC1. The van der Waals surface area contributed by atoms with Gasteiger partial charge in [0.15, 0.2) is 0 Å². The van der Waals surface area contributed by atoms with Crippen LogP contribution in [0.2, 0.25) is 0 Å². The third kappa shape index (κ3) is 6.22. The molecule has 2 aromatic rings. The Morgan fingerprint density at radius 3 is 2.18 bits per heavy atom. The lowest BCUT2D eigenvalue weighted by atomic mass is 9.97. The molecule has 1 amide bonds. The second kappa shape index (κ2) is 10.8. The van der Waals surface area contributed by atoms with Gasteiger partial charge in [0.1, 0.15) is 0 Å². The summed E-state index contributed by atoms with van der Waals surface area (Å²) in [5.74, 6) is -0.0905. The van der Waals surface area contributed by atoms with Crippen LogP contribution in [0.1, 0.15) is 47.9 Å². The first-order valence-electron chi connectivity index (χ1n) is 12.0. The lowest BCUT2D eigenvalue weighted by molar-refractivity contribution is -0.126. The van der Waals surface area contributed by atoms with Gasteiger partial charge in [-0.1, -0.05) is 48.5 Å². The number of likely N-dealkylation sites (tertiary alicyclic amines) is 1. The number of carbonyl (C=O) groups is 1. The lowest BCUT2D eigenvalue weighted by Gasteiger charge is -2.30. The molecule has 178 valence electrons. The molecule has 1 N–H and O–H groups in total. The molecule has 2 aromatic carbocycles. The fourth-order valence-electron chi connectivity index (χ4n) is 4.85. The molecular weight excluding hydrogens is 434 g/mol. The van der Waals surface area contributed by atoms with Gasteiger partial charge < -0.3 is 5.32 Å². The van der Waals surface area contributed by atoms with Crippen LogP contribution in [-0.2, 0) is 33.7 Å². The first-order valence-corrected chi connectivity index (χ1v) is 13.6. The molecule has 0 unspecified atom stereocenters. The molecule has 2 fully saturated rings. The van der Waals surface area contributed by atoms with Crippen molar-refractivity contribution in [2.45, 2.75) is 51.4 Å². The Bertz CT molecular complexity index is 1060. The minimum atomic E-state index is -3.38. The van der Waals surface area contributed by atoms with E-state index in [0.717, 1.165) is 36.3 Å². The minimum absolute atomic E-state index is 0.0182. The quantitative estimate of drug-likeness (QED) is 0.643. The van der Waals surface area contributed by atoms with Gasteiger partial charge in [-0.05, 0) is 68.0 Å². The third-order valence-corrected chi connectivity index (χ3v) is 8.81. The molecule has 2 heterocycles. The monoisotopic (exact) mass is 469 g/mol. The second-order valence-corrected chi connectivity index (χ2v) is 11.3. The van der Waals surface area contributed by atoms with Gasteiger partial charge in [0.2, 0.25) is 15.9 Å². The van der Waals surface area contributed by atoms with Crippen molar-refractivity contribution in [3.05, 3.63) is 70.8 Å². The number of hydrogen-bond donors (Lipinski definition) is 1. The van der Waals surface area contributed by atoms with Gasteiger partial charge in [0.25, 0.3) is 0 Å². The second-order valence-electron chi connectivity index (χ2n) is 9.33. The van der Waals surface area contributed by atoms with Crippen LogP contribution in [0.4, 0.5) is 0 Å². The highest BCUT2D eigenvalue weighted by Gasteiger charge is 2.31. The molecule has 0 radical (unpaired) electrons. The first-order chi connectivity index (χ1) is 15.9. The number of aryl methyl sites for hydroxylation is 1. The molecule has 0 saturated carbocycles. The number of carbonyl (C=O) groups excluding carboxylic acids is 1. The Kier molecular flexibility index (Phi) is 7.83. The average Bonchev–Trinajstić information content (AvgIpc) is 3.33. The van der Waals surface area contributed by atoms with Crippen molar-refractivity contribution in [1.82, 2.24) is 14.5 Å². The summed E-state index contributed by atoms with van der Waals surface area (Å²) in [6, 6.07) is 15.9. The number of sulfonamides is 1. The van der Waals surface area contributed by atoms with Crippen molar-refractivity contribution in [2.75, 3.05) is 26.2 Å². The van der Waals surface area contributed by atoms with Crippen LogP contribution in [0.3, 0.4) is 0 Å². The number of nitrogens with one attached hydrogen (secondary N) is 1. The van der Waals surface area contributed by atoms with E-state index in [1.54, 1.807) is 4.31 Å². The topological polar surface area (TPSA) is 69.7 Å². The minimum Gasteiger partial charge on any atom is -0.352 e. The smallest absolute Gasteiger partial charge is 0.223 e. The highest BCUT2D eigenvalue weighted by molar-refractivity contribution is 7.88. The van der Waals surface area contributed by atoms with Gasteiger partial charge in [-0.3, -0.25) is 9.69 Å². The van der Waals surface area contributed by atoms with Crippen molar-refractivity contribution in [1.29, 1.82) is 0 Å². The van der Waals surface area contributed by atoms with Crippen molar-refractivity contribution in [3.63, 3.8) is 0 Å². The van der Waals surface area contributed by atoms with Crippen LogP contribution >= 0.6 is 0 Å². The highest BCUT2D eigenvalue weighted by atomic mass is 32.2. The van der Waals surface area contributed by atoms with Crippen LogP contribution in [0.15, 0.2) is 48.5 Å². The number of benzene rings is 2. The van der Waals surface area contributed by atoms with E-state index in [9.17, 15) is 13.2 Å². The molecule has 6 nitrogen and oxygen atoms in total. The molecule has 0 aromatic heterocycles. The van der Waals surface area contributed by atoms with Gasteiger partial charge in [0, 0.05) is 32.1 Å². The maximum absolute atomic E-state index is 12.9. The van der Waals surface area contributed by atoms with E-state index in [2.05, 4.69) is 28.4 Å². The van der Waals surface area contributed by atoms with E-state index in [4.69, 9.17) is 0 Å². The van der Waals surface area contributed by atoms with Crippen LogP contribution in [-0.4, -0.2) is 49.7 Å². The fourth-order valence-corrected chi connectivity index (χ4v) is 6.52. The van der Waals surface area contributed by atoms with Gasteiger partial charge in [-0.2, -0.15) is 0 Å². The standard InChI is InChI=1S/C26H35N3O3S/c1-21-8-2-3-11-25(21)20-33(31,32)29-16-12-22(13-17-29)26(30)27-18-23-9-4-5-10-24(23)19-28-14-6-7-15-28/h2-5,8-11,22H,6-7,12-20H2,1H3,(H,27,30). The van der Waals surface area contributed by atoms with Crippen LogP contribution in [0.25, 0.3) is 0 Å². The van der Waals surface area contributed by atoms with E-state index in [0.29, 0.717) is 32.5 Å². The number of hydrogen-bond acceptors (Lipinski definition) is 4. The molecule has 2 aliphatic heterocycles. The summed E-state index contributed by atoms with van der Waals surface area (Å²) >= 11 is 0. The maximum atomic E-state index is 12.9. The Labute approximate surface area is 198 Å². The molecule has 0 aliphatic carbocycles. The third-order valence-electron chi connectivity index (χ3n) is 6.98. The zero-order chi connectivity index (χ0) is 23.3. The predicted molar refractivity (Wildman–Crippen MR) is 131 cm³/mol. The molecule has 2 aliphatic rings. The van der Waals surface area contributed by atoms with E-state index in [1.807, 2.05) is 37.3 Å². The highest BCUT2D eigenvalue weighted by Crippen LogP contribution is 2.23. The Morgan fingerprint density at radius 1 is 0.909 bits per heavy atom. The largest absolute Gasteiger partial charge is 0.352 e. The molecular formula is C26H35N3O3S. The summed E-state index contributed by atoms with van der Waals surface area (Å²) in [7, 11) is -3.38. The summed E-state index contributed by atoms with van der Waals surface area (Å²) < 4.78 is 27.3. The molecule has 4 rings (SSSR count). The molecule has 0 atom stereocenters. The van der Waals surface area contributed by atoms with Crippen LogP contribution < -0.4 is 5.32 Å². The zero-order valence-electron chi connectivity index (χ0n) is 19.5. The molecule has 7 heteroatoms.